The maximum absolute atomic E-state index is 11.3. The van der Waals surface area contributed by atoms with E-state index in [1.807, 2.05) is 20.8 Å². The minimum Gasteiger partial charge on any atom is -0.476 e. The minimum atomic E-state index is -1.13. The molecule has 1 heterocycles. The Morgan fingerprint density at radius 1 is 1.30 bits per heavy atom. The molecule has 0 fully saturated rings. The molecule has 0 aliphatic carbocycles. The summed E-state index contributed by atoms with van der Waals surface area (Å²) in [6, 6.07) is 5.08. The third-order valence-electron chi connectivity index (χ3n) is 2.74. The Hall–Kier alpha value is -1.59. The summed E-state index contributed by atoms with van der Waals surface area (Å²) < 4.78 is 1.43. The highest BCUT2D eigenvalue weighted by Gasteiger charge is 2.30. The molecule has 20 heavy (non-hydrogen) atoms. The monoisotopic (exact) mass is 313 g/mol. The van der Waals surface area contributed by atoms with E-state index in [9.17, 15) is 9.90 Å². The first-order valence-electron chi connectivity index (χ1n) is 5.87. The van der Waals surface area contributed by atoms with Crippen molar-refractivity contribution >= 4 is 29.2 Å². The number of hydrogen-bond acceptors (Lipinski definition) is 3. The summed E-state index contributed by atoms with van der Waals surface area (Å²) in [6.45, 7) is 5.65. The summed E-state index contributed by atoms with van der Waals surface area (Å²) in [6.07, 6.45) is 0. The summed E-state index contributed by atoms with van der Waals surface area (Å²) in [5.74, 6) is -1.13. The second-order valence-electron chi connectivity index (χ2n) is 5.33. The second kappa shape index (κ2) is 5.07. The van der Waals surface area contributed by atoms with Gasteiger partial charge in [0, 0.05) is 5.41 Å². The lowest BCUT2D eigenvalue weighted by Crippen LogP contribution is -2.21. The van der Waals surface area contributed by atoms with Gasteiger partial charge in [-0.1, -0.05) is 55.3 Å². The lowest BCUT2D eigenvalue weighted by molar-refractivity contribution is 0.0687. The highest BCUT2D eigenvalue weighted by atomic mass is 35.5. The molecule has 1 aromatic carbocycles. The summed E-state index contributed by atoms with van der Waals surface area (Å²) >= 11 is 12.2. The third kappa shape index (κ3) is 2.51. The largest absolute Gasteiger partial charge is 0.476 e. The normalized spacial score (nSPS) is 11.7. The van der Waals surface area contributed by atoms with Gasteiger partial charge in [-0.3, -0.25) is 0 Å². The van der Waals surface area contributed by atoms with Gasteiger partial charge in [0.15, 0.2) is 5.69 Å². The van der Waals surface area contributed by atoms with Gasteiger partial charge in [-0.2, -0.15) is 0 Å². The fraction of sp³-hybridized carbons (Fsp3) is 0.308. The average molecular weight is 314 g/mol. The van der Waals surface area contributed by atoms with Gasteiger partial charge in [0.1, 0.15) is 0 Å². The van der Waals surface area contributed by atoms with Crippen molar-refractivity contribution in [2.75, 3.05) is 0 Å². The zero-order valence-corrected chi connectivity index (χ0v) is 12.7. The van der Waals surface area contributed by atoms with Crippen LogP contribution in [0, 0.1) is 0 Å². The highest BCUT2D eigenvalue weighted by Crippen LogP contribution is 2.32. The van der Waals surface area contributed by atoms with Gasteiger partial charge in [0.2, 0.25) is 0 Å². The van der Waals surface area contributed by atoms with Crippen LogP contribution in [-0.2, 0) is 5.41 Å². The number of rotatable bonds is 2. The summed E-state index contributed by atoms with van der Waals surface area (Å²) in [7, 11) is 0. The topological polar surface area (TPSA) is 68.0 Å². The standard InChI is InChI=1S/C13H13Cl2N3O2/c1-13(2,3)11-10(12(19)20)16-17-18(11)8-6-4-5-7(14)9(8)15/h4-6H,1-3H3,(H,19,20). The Morgan fingerprint density at radius 2 is 1.95 bits per heavy atom. The summed E-state index contributed by atoms with van der Waals surface area (Å²) in [5, 5.41) is 17.6. The van der Waals surface area contributed by atoms with Gasteiger partial charge in [0.25, 0.3) is 0 Å². The van der Waals surface area contributed by atoms with Crippen molar-refractivity contribution in [2.45, 2.75) is 26.2 Å². The minimum absolute atomic E-state index is 0.0893. The van der Waals surface area contributed by atoms with E-state index in [2.05, 4.69) is 10.3 Å². The summed E-state index contributed by atoms with van der Waals surface area (Å²) in [5.41, 5.74) is 0.412. The van der Waals surface area contributed by atoms with E-state index >= 15 is 0 Å². The molecule has 0 unspecified atom stereocenters. The molecule has 1 aromatic heterocycles. The van der Waals surface area contributed by atoms with E-state index in [0.29, 0.717) is 21.4 Å². The maximum atomic E-state index is 11.3. The van der Waals surface area contributed by atoms with Crippen LogP contribution in [0.15, 0.2) is 18.2 Å². The fourth-order valence-electron chi connectivity index (χ4n) is 1.92. The van der Waals surface area contributed by atoms with Crippen LogP contribution in [-0.4, -0.2) is 26.1 Å². The van der Waals surface area contributed by atoms with Crippen LogP contribution in [0.3, 0.4) is 0 Å². The van der Waals surface area contributed by atoms with E-state index in [-0.39, 0.29) is 5.69 Å². The van der Waals surface area contributed by atoms with Gasteiger partial charge in [-0.05, 0) is 12.1 Å². The molecule has 5 nitrogen and oxygen atoms in total. The smallest absolute Gasteiger partial charge is 0.358 e. The molecule has 7 heteroatoms. The van der Waals surface area contributed by atoms with Crippen molar-refractivity contribution < 1.29 is 9.90 Å². The molecule has 0 bridgehead atoms. The average Bonchev–Trinajstić information content (AvgIpc) is 2.77. The summed E-state index contributed by atoms with van der Waals surface area (Å²) in [4.78, 5) is 11.3. The molecule has 0 aliphatic heterocycles. The van der Waals surface area contributed by atoms with Crippen LogP contribution in [0.4, 0.5) is 0 Å². The Kier molecular flexibility index (Phi) is 3.75. The third-order valence-corrected chi connectivity index (χ3v) is 3.55. The molecule has 0 aliphatic rings. The van der Waals surface area contributed by atoms with Crippen molar-refractivity contribution in [1.29, 1.82) is 0 Å². The van der Waals surface area contributed by atoms with Crippen molar-refractivity contribution in [1.82, 2.24) is 15.0 Å². The number of aromatic nitrogens is 3. The van der Waals surface area contributed by atoms with Gasteiger partial charge >= 0.3 is 5.97 Å². The molecule has 0 amide bonds. The number of carbonyl (C=O) groups is 1. The van der Waals surface area contributed by atoms with Crippen LogP contribution < -0.4 is 0 Å². The van der Waals surface area contributed by atoms with Gasteiger partial charge < -0.3 is 5.11 Å². The quantitative estimate of drug-likeness (QED) is 0.920. The number of carboxylic acids is 1. The molecular weight excluding hydrogens is 301 g/mol. The van der Waals surface area contributed by atoms with Crippen LogP contribution >= 0.6 is 23.2 Å². The van der Waals surface area contributed by atoms with E-state index in [0.717, 1.165) is 0 Å². The molecule has 2 aromatic rings. The number of hydrogen-bond donors (Lipinski definition) is 1. The number of benzene rings is 1. The van der Waals surface area contributed by atoms with Gasteiger partial charge in [-0.25, -0.2) is 9.48 Å². The first-order chi connectivity index (χ1) is 9.23. The predicted molar refractivity (Wildman–Crippen MR) is 77.0 cm³/mol. The molecule has 0 radical (unpaired) electrons. The molecule has 2 rings (SSSR count). The fourth-order valence-corrected chi connectivity index (χ4v) is 2.30. The van der Waals surface area contributed by atoms with E-state index < -0.39 is 11.4 Å². The predicted octanol–water partition coefficient (Wildman–Crippen LogP) is 3.57. The van der Waals surface area contributed by atoms with Crippen LogP contribution in [0.1, 0.15) is 37.0 Å². The van der Waals surface area contributed by atoms with Crippen molar-refractivity contribution in [2.24, 2.45) is 0 Å². The lowest BCUT2D eigenvalue weighted by atomic mass is 9.90. The molecule has 0 saturated heterocycles. The van der Waals surface area contributed by atoms with Crippen molar-refractivity contribution in [3.8, 4) is 5.69 Å². The zero-order chi connectivity index (χ0) is 15.1. The Balaban J connectivity index is 2.76. The SMILES string of the molecule is CC(C)(C)c1c(C(=O)O)nnn1-c1cccc(Cl)c1Cl. The van der Waals surface area contributed by atoms with E-state index in [4.69, 9.17) is 23.2 Å². The van der Waals surface area contributed by atoms with E-state index in [1.54, 1.807) is 18.2 Å². The number of nitrogens with zero attached hydrogens (tertiary/aromatic N) is 3. The van der Waals surface area contributed by atoms with Gasteiger partial charge in [0.05, 0.1) is 21.4 Å². The Labute approximate surface area is 126 Å². The number of carboxylic acid groups (broad SMARTS) is 1. The molecule has 1 N–H and O–H groups in total. The highest BCUT2D eigenvalue weighted by molar-refractivity contribution is 6.43. The Bertz CT molecular complexity index is 675. The van der Waals surface area contributed by atoms with Gasteiger partial charge in [-0.15, -0.1) is 5.10 Å². The molecular formula is C13H13Cl2N3O2. The molecule has 0 atom stereocenters. The maximum Gasteiger partial charge on any atom is 0.358 e. The van der Waals surface area contributed by atoms with Crippen molar-refractivity contribution in [3.05, 3.63) is 39.6 Å². The van der Waals surface area contributed by atoms with Crippen LogP contribution in [0.25, 0.3) is 5.69 Å². The number of halogens is 2. The Morgan fingerprint density at radius 3 is 2.50 bits per heavy atom. The lowest BCUT2D eigenvalue weighted by Gasteiger charge is -2.20. The van der Waals surface area contributed by atoms with Crippen LogP contribution in [0.5, 0.6) is 0 Å². The first kappa shape index (κ1) is 14.8. The first-order valence-corrected chi connectivity index (χ1v) is 6.63. The zero-order valence-electron chi connectivity index (χ0n) is 11.2. The number of aromatic carboxylic acids is 1. The molecule has 106 valence electrons. The second-order valence-corrected chi connectivity index (χ2v) is 6.11. The molecule has 0 saturated carbocycles. The van der Waals surface area contributed by atoms with Crippen LogP contribution in [0.2, 0.25) is 10.0 Å². The van der Waals surface area contributed by atoms with E-state index in [1.165, 1.54) is 4.68 Å². The van der Waals surface area contributed by atoms with Crippen molar-refractivity contribution in [3.63, 3.8) is 0 Å². The molecule has 0 spiro atoms.